The molecule has 3 N–H and O–H groups in total. The van der Waals surface area contributed by atoms with E-state index in [4.69, 9.17) is 5.73 Å². The van der Waals surface area contributed by atoms with Crippen molar-refractivity contribution >= 4 is 11.8 Å². The van der Waals surface area contributed by atoms with Gasteiger partial charge in [0.05, 0.1) is 6.54 Å². The molecule has 0 radical (unpaired) electrons. The summed E-state index contributed by atoms with van der Waals surface area (Å²) >= 11 is 0. The Labute approximate surface area is 98.0 Å². The second-order valence-electron chi connectivity index (χ2n) is 5.80. The first-order valence-corrected chi connectivity index (χ1v) is 5.69. The van der Waals surface area contributed by atoms with E-state index in [1.807, 2.05) is 13.8 Å². The lowest BCUT2D eigenvalue weighted by Crippen LogP contribution is -2.40. The van der Waals surface area contributed by atoms with Crippen LogP contribution in [0.5, 0.6) is 0 Å². The molecule has 16 heavy (non-hydrogen) atoms. The van der Waals surface area contributed by atoms with E-state index in [0.29, 0.717) is 0 Å². The molecule has 0 rings (SSSR count). The highest BCUT2D eigenvalue weighted by Gasteiger charge is 2.27. The Morgan fingerprint density at radius 1 is 1.25 bits per heavy atom. The number of nitrogens with two attached hydrogens (primary N) is 1. The van der Waals surface area contributed by atoms with Crippen molar-refractivity contribution in [3.8, 4) is 0 Å². The fourth-order valence-corrected chi connectivity index (χ4v) is 1.60. The summed E-state index contributed by atoms with van der Waals surface area (Å²) in [5.41, 5.74) is 5.09. The first-order chi connectivity index (χ1) is 7.13. The molecule has 0 aliphatic rings. The van der Waals surface area contributed by atoms with Gasteiger partial charge in [-0.05, 0) is 17.8 Å². The van der Waals surface area contributed by atoms with Gasteiger partial charge in [-0.3, -0.25) is 9.59 Å². The van der Waals surface area contributed by atoms with Crippen LogP contribution < -0.4 is 11.1 Å². The lowest BCUT2D eigenvalue weighted by Gasteiger charge is -2.27. The summed E-state index contributed by atoms with van der Waals surface area (Å²) < 4.78 is 0. The first kappa shape index (κ1) is 14.9. The molecule has 1 atom stereocenters. The van der Waals surface area contributed by atoms with E-state index in [2.05, 4.69) is 26.1 Å². The normalized spacial score (nSPS) is 13.6. The minimum atomic E-state index is -0.508. The Hall–Kier alpha value is -1.06. The number of amides is 2. The van der Waals surface area contributed by atoms with Crippen molar-refractivity contribution < 1.29 is 9.59 Å². The second kappa shape index (κ2) is 5.87. The van der Waals surface area contributed by atoms with Crippen LogP contribution in [0.1, 0.15) is 41.0 Å². The van der Waals surface area contributed by atoms with Gasteiger partial charge < -0.3 is 11.1 Å². The van der Waals surface area contributed by atoms with E-state index in [0.717, 1.165) is 6.42 Å². The number of hydrogen-bond acceptors (Lipinski definition) is 2. The highest BCUT2D eigenvalue weighted by Crippen LogP contribution is 2.28. The number of rotatable bonds is 5. The van der Waals surface area contributed by atoms with Gasteiger partial charge in [-0.15, -0.1) is 0 Å². The van der Waals surface area contributed by atoms with Gasteiger partial charge in [-0.1, -0.05) is 34.6 Å². The van der Waals surface area contributed by atoms with Crippen molar-refractivity contribution in [1.82, 2.24) is 5.32 Å². The quantitative estimate of drug-likeness (QED) is 0.744. The molecule has 1 unspecified atom stereocenters. The van der Waals surface area contributed by atoms with Crippen LogP contribution in [0, 0.1) is 17.3 Å². The Balaban J connectivity index is 4.42. The summed E-state index contributed by atoms with van der Waals surface area (Å²) in [4.78, 5) is 22.4. The second-order valence-corrected chi connectivity index (χ2v) is 5.80. The number of primary amides is 1. The Morgan fingerprint density at radius 3 is 2.06 bits per heavy atom. The summed E-state index contributed by atoms with van der Waals surface area (Å²) in [6.45, 7) is 10.3. The smallest absolute Gasteiger partial charge is 0.236 e. The topological polar surface area (TPSA) is 72.2 Å². The zero-order valence-electron chi connectivity index (χ0n) is 11.0. The Bertz CT molecular complexity index is 254. The average molecular weight is 228 g/mol. The van der Waals surface area contributed by atoms with E-state index in [1.54, 1.807) is 0 Å². The van der Waals surface area contributed by atoms with E-state index in [9.17, 15) is 9.59 Å². The molecule has 0 spiro atoms. The molecule has 0 aromatic heterocycles. The molecular formula is C12H24N2O2. The van der Waals surface area contributed by atoms with Gasteiger partial charge in [0.2, 0.25) is 11.8 Å². The minimum absolute atomic E-state index is 0.0700. The summed E-state index contributed by atoms with van der Waals surface area (Å²) in [6, 6.07) is 0. The molecule has 0 fully saturated rings. The van der Waals surface area contributed by atoms with E-state index >= 15 is 0 Å². The molecule has 0 heterocycles. The highest BCUT2D eigenvalue weighted by molar-refractivity contribution is 5.85. The fraction of sp³-hybridized carbons (Fsp3) is 0.833. The van der Waals surface area contributed by atoms with Crippen molar-refractivity contribution in [1.29, 1.82) is 0 Å². The van der Waals surface area contributed by atoms with Crippen LogP contribution in [0.3, 0.4) is 0 Å². The predicted molar refractivity (Wildman–Crippen MR) is 64.6 cm³/mol. The molecule has 0 aliphatic heterocycles. The number of hydrogen-bond donors (Lipinski definition) is 2. The molecule has 4 nitrogen and oxygen atoms in total. The van der Waals surface area contributed by atoms with E-state index in [1.165, 1.54) is 0 Å². The lowest BCUT2D eigenvalue weighted by molar-refractivity contribution is -0.129. The van der Waals surface area contributed by atoms with Crippen molar-refractivity contribution in [3.05, 3.63) is 0 Å². The van der Waals surface area contributed by atoms with Crippen molar-refractivity contribution in [2.24, 2.45) is 23.0 Å². The van der Waals surface area contributed by atoms with Gasteiger partial charge in [0.25, 0.3) is 0 Å². The summed E-state index contributed by atoms with van der Waals surface area (Å²) in [5.74, 6) is -0.401. The van der Waals surface area contributed by atoms with Crippen LogP contribution in [-0.2, 0) is 9.59 Å². The molecule has 94 valence electrons. The van der Waals surface area contributed by atoms with Crippen LogP contribution in [0.15, 0.2) is 0 Å². The third-order valence-electron chi connectivity index (χ3n) is 2.41. The SMILES string of the molecule is CC(C)C(CC(C)(C)C)C(=O)NCC(N)=O. The van der Waals surface area contributed by atoms with Gasteiger partial charge in [-0.25, -0.2) is 0 Å². The fourth-order valence-electron chi connectivity index (χ4n) is 1.60. The molecule has 0 bridgehead atoms. The predicted octanol–water partition coefficient (Wildman–Crippen LogP) is 1.30. The van der Waals surface area contributed by atoms with Crippen LogP contribution in [-0.4, -0.2) is 18.4 Å². The zero-order valence-corrected chi connectivity index (χ0v) is 11.0. The van der Waals surface area contributed by atoms with Gasteiger partial charge in [-0.2, -0.15) is 0 Å². The molecule has 0 aromatic carbocycles. The first-order valence-electron chi connectivity index (χ1n) is 5.69. The molecule has 0 saturated heterocycles. The minimum Gasteiger partial charge on any atom is -0.368 e. The highest BCUT2D eigenvalue weighted by atomic mass is 16.2. The maximum absolute atomic E-state index is 11.8. The largest absolute Gasteiger partial charge is 0.368 e. The summed E-state index contributed by atoms with van der Waals surface area (Å²) in [7, 11) is 0. The summed E-state index contributed by atoms with van der Waals surface area (Å²) in [6.07, 6.45) is 0.801. The number of carbonyl (C=O) groups is 2. The molecule has 0 saturated carbocycles. The van der Waals surface area contributed by atoms with Crippen LogP contribution in [0.2, 0.25) is 0 Å². The van der Waals surface area contributed by atoms with Gasteiger partial charge in [0, 0.05) is 5.92 Å². The van der Waals surface area contributed by atoms with Gasteiger partial charge in [0.15, 0.2) is 0 Å². The van der Waals surface area contributed by atoms with Crippen molar-refractivity contribution in [2.75, 3.05) is 6.54 Å². The van der Waals surface area contributed by atoms with Gasteiger partial charge in [0.1, 0.15) is 0 Å². The van der Waals surface area contributed by atoms with Crippen LogP contribution in [0.4, 0.5) is 0 Å². The van der Waals surface area contributed by atoms with E-state index < -0.39 is 5.91 Å². The monoisotopic (exact) mass is 228 g/mol. The third kappa shape index (κ3) is 6.43. The maximum atomic E-state index is 11.8. The standard InChI is InChI=1S/C12H24N2O2/c1-8(2)9(6-12(3,4)5)11(16)14-7-10(13)15/h8-9H,6-7H2,1-5H3,(H2,13,15)(H,14,16). The Morgan fingerprint density at radius 2 is 1.75 bits per heavy atom. The molecule has 0 aliphatic carbocycles. The average Bonchev–Trinajstić information content (AvgIpc) is 2.08. The van der Waals surface area contributed by atoms with Crippen molar-refractivity contribution in [2.45, 2.75) is 41.0 Å². The zero-order chi connectivity index (χ0) is 12.9. The molecule has 0 aromatic rings. The molecule has 4 heteroatoms. The number of nitrogens with one attached hydrogen (secondary N) is 1. The van der Waals surface area contributed by atoms with E-state index in [-0.39, 0.29) is 29.7 Å². The summed E-state index contributed by atoms with van der Waals surface area (Å²) in [5, 5.41) is 2.57. The van der Waals surface area contributed by atoms with Gasteiger partial charge >= 0.3 is 0 Å². The van der Waals surface area contributed by atoms with Crippen molar-refractivity contribution in [3.63, 3.8) is 0 Å². The third-order valence-corrected chi connectivity index (χ3v) is 2.41. The number of carbonyl (C=O) groups excluding carboxylic acids is 2. The maximum Gasteiger partial charge on any atom is 0.236 e. The lowest BCUT2D eigenvalue weighted by atomic mass is 9.79. The van der Waals surface area contributed by atoms with Crippen LogP contribution in [0.25, 0.3) is 0 Å². The van der Waals surface area contributed by atoms with Crippen LogP contribution >= 0.6 is 0 Å². The Kier molecular flexibility index (Phi) is 5.48. The molecule has 2 amide bonds. The molecular weight excluding hydrogens is 204 g/mol.